The zero-order chi connectivity index (χ0) is 26.6. The maximum absolute atomic E-state index is 11.6. The topological polar surface area (TPSA) is 40.5 Å². The molecule has 0 unspecified atom stereocenters. The van der Waals surface area contributed by atoms with Crippen molar-refractivity contribution in [3.8, 4) is 44.9 Å². The van der Waals surface area contributed by atoms with E-state index in [0.717, 1.165) is 44.2 Å². The van der Waals surface area contributed by atoms with Gasteiger partial charge in [-0.25, -0.2) is 0 Å². The van der Waals surface area contributed by atoms with Crippen molar-refractivity contribution in [1.29, 1.82) is 0 Å². The number of aromatic hydroxyl groups is 2. The smallest absolute Gasteiger partial charge is 0.131 e. The lowest BCUT2D eigenvalue weighted by molar-refractivity contribution is 0.475. The first-order valence-corrected chi connectivity index (χ1v) is 13.1. The molecular formula is C34H24Cl2O2. The second kappa shape index (κ2) is 9.40. The van der Waals surface area contributed by atoms with Crippen LogP contribution >= 0.6 is 23.2 Å². The molecule has 0 atom stereocenters. The molecule has 0 aliphatic rings. The number of aryl methyl sites for hydroxylation is 2. The van der Waals surface area contributed by atoms with Gasteiger partial charge in [-0.1, -0.05) is 82.9 Å². The summed E-state index contributed by atoms with van der Waals surface area (Å²) in [6.07, 6.45) is 0. The Bertz CT molecular complexity index is 1720. The third kappa shape index (κ3) is 4.16. The van der Waals surface area contributed by atoms with E-state index in [0.29, 0.717) is 31.9 Å². The first kappa shape index (κ1) is 24.4. The maximum Gasteiger partial charge on any atom is 0.131 e. The first-order chi connectivity index (χ1) is 18.3. The molecule has 6 aromatic rings. The minimum absolute atomic E-state index is 0.0889. The number of benzene rings is 6. The molecule has 38 heavy (non-hydrogen) atoms. The number of hydrogen-bond acceptors (Lipinski definition) is 2. The highest BCUT2D eigenvalue weighted by Crippen LogP contribution is 2.49. The van der Waals surface area contributed by atoms with Crippen LogP contribution in [-0.2, 0) is 0 Å². The minimum atomic E-state index is 0.0889. The Kier molecular flexibility index (Phi) is 6.03. The van der Waals surface area contributed by atoms with Crippen molar-refractivity contribution >= 4 is 44.7 Å². The van der Waals surface area contributed by atoms with Crippen molar-refractivity contribution in [3.63, 3.8) is 0 Å². The Morgan fingerprint density at radius 3 is 1.16 bits per heavy atom. The van der Waals surface area contributed by atoms with E-state index < -0.39 is 0 Å². The van der Waals surface area contributed by atoms with Crippen molar-refractivity contribution in [2.75, 3.05) is 0 Å². The van der Waals surface area contributed by atoms with Crippen LogP contribution in [0.2, 0.25) is 10.0 Å². The maximum atomic E-state index is 11.6. The number of halogens is 2. The molecule has 186 valence electrons. The second-order valence-corrected chi connectivity index (χ2v) is 10.6. The van der Waals surface area contributed by atoms with E-state index in [1.165, 1.54) is 0 Å². The highest BCUT2D eigenvalue weighted by Gasteiger charge is 2.20. The molecule has 0 bridgehead atoms. The lowest BCUT2D eigenvalue weighted by Gasteiger charge is -2.18. The van der Waals surface area contributed by atoms with E-state index in [-0.39, 0.29) is 11.5 Å². The van der Waals surface area contributed by atoms with Gasteiger partial charge in [-0.2, -0.15) is 0 Å². The van der Waals surface area contributed by atoms with Crippen molar-refractivity contribution in [2.45, 2.75) is 13.8 Å². The predicted molar refractivity (Wildman–Crippen MR) is 161 cm³/mol. The van der Waals surface area contributed by atoms with E-state index in [1.807, 2.05) is 50.2 Å². The van der Waals surface area contributed by atoms with Crippen LogP contribution in [0.3, 0.4) is 0 Å². The van der Waals surface area contributed by atoms with Crippen LogP contribution in [0.15, 0.2) is 97.1 Å². The summed E-state index contributed by atoms with van der Waals surface area (Å²) in [6, 6.07) is 31.3. The van der Waals surface area contributed by atoms with Crippen LogP contribution in [0.5, 0.6) is 11.5 Å². The van der Waals surface area contributed by atoms with Gasteiger partial charge in [0.05, 0.1) is 0 Å². The molecule has 0 saturated carbocycles. The molecule has 0 aromatic heterocycles. The third-order valence-electron chi connectivity index (χ3n) is 7.16. The van der Waals surface area contributed by atoms with E-state index in [4.69, 9.17) is 23.2 Å². The Labute approximate surface area is 231 Å². The molecule has 0 amide bonds. The number of rotatable bonds is 3. The second-order valence-electron chi connectivity index (χ2n) is 9.75. The number of phenols is 2. The summed E-state index contributed by atoms with van der Waals surface area (Å²) in [7, 11) is 0. The molecular weight excluding hydrogens is 511 g/mol. The quantitative estimate of drug-likeness (QED) is 0.237. The number of hydrogen-bond donors (Lipinski definition) is 2. The van der Waals surface area contributed by atoms with Crippen molar-refractivity contribution in [1.82, 2.24) is 0 Å². The standard InChI is InChI=1S/C34H24Cl2O2/c1-19-3-7-21(8-4-19)27-17-31(33(37)25-13-11-23(35)15-29(25)27)32-18-28(22-9-5-20(2)6-10-22)30-16-24(36)12-14-26(30)34(32)38/h3-18,37-38H,1-2H3. The highest BCUT2D eigenvalue weighted by atomic mass is 35.5. The van der Waals surface area contributed by atoms with Gasteiger partial charge in [-0.15, -0.1) is 0 Å². The van der Waals surface area contributed by atoms with Gasteiger partial charge in [-0.3, -0.25) is 0 Å². The van der Waals surface area contributed by atoms with Gasteiger partial charge in [0.15, 0.2) is 0 Å². The van der Waals surface area contributed by atoms with E-state index in [1.54, 1.807) is 12.1 Å². The normalized spacial score (nSPS) is 11.4. The fourth-order valence-electron chi connectivity index (χ4n) is 5.12. The molecule has 0 heterocycles. The third-order valence-corrected chi connectivity index (χ3v) is 7.63. The lowest BCUT2D eigenvalue weighted by Crippen LogP contribution is -1.91. The number of fused-ring (bicyclic) bond motifs is 2. The summed E-state index contributed by atoms with van der Waals surface area (Å²) in [5, 5.41) is 27.3. The van der Waals surface area contributed by atoms with Gasteiger partial charge >= 0.3 is 0 Å². The van der Waals surface area contributed by atoms with Gasteiger partial charge in [0.2, 0.25) is 0 Å². The Morgan fingerprint density at radius 2 is 0.789 bits per heavy atom. The lowest BCUT2D eigenvalue weighted by atomic mass is 9.88. The van der Waals surface area contributed by atoms with Crippen LogP contribution in [0.4, 0.5) is 0 Å². The summed E-state index contributed by atoms with van der Waals surface area (Å²) in [4.78, 5) is 0. The average Bonchev–Trinajstić information content (AvgIpc) is 2.91. The summed E-state index contributed by atoms with van der Waals surface area (Å²) in [5.41, 5.74) is 7.22. The van der Waals surface area contributed by atoms with E-state index in [9.17, 15) is 10.2 Å². The van der Waals surface area contributed by atoms with Gasteiger partial charge in [-0.05, 0) is 95.4 Å². The largest absolute Gasteiger partial charge is 0.507 e. The van der Waals surface area contributed by atoms with Crippen LogP contribution in [0, 0.1) is 13.8 Å². The fourth-order valence-corrected chi connectivity index (χ4v) is 5.46. The minimum Gasteiger partial charge on any atom is -0.507 e. The molecule has 6 aromatic carbocycles. The summed E-state index contributed by atoms with van der Waals surface area (Å²) < 4.78 is 0. The Hall–Kier alpha value is -3.98. The van der Waals surface area contributed by atoms with Gasteiger partial charge < -0.3 is 10.2 Å². The van der Waals surface area contributed by atoms with Crippen molar-refractivity contribution in [2.24, 2.45) is 0 Å². The molecule has 0 aliphatic heterocycles. The molecule has 2 N–H and O–H groups in total. The Morgan fingerprint density at radius 1 is 0.421 bits per heavy atom. The van der Waals surface area contributed by atoms with Crippen LogP contribution < -0.4 is 0 Å². The molecule has 0 fully saturated rings. The summed E-state index contributed by atoms with van der Waals surface area (Å²) in [6.45, 7) is 4.10. The summed E-state index contributed by atoms with van der Waals surface area (Å²) >= 11 is 12.8. The zero-order valence-electron chi connectivity index (χ0n) is 20.9. The van der Waals surface area contributed by atoms with Crippen LogP contribution in [-0.4, -0.2) is 10.2 Å². The molecule has 0 spiro atoms. The predicted octanol–water partition coefficient (Wildman–Crippen LogP) is 10.3. The fraction of sp³-hybridized carbons (Fsp3) is 0.0588. The van der Waals surface area contributed by atoms with Crippen LogP contribution in [0.25, 0.3) is 54.9 Å². The van der Waals surface area contributed by atoms with Gasteiger partial charge in [0.1, 0.15) is 11.5 Å². The highest BCUT2D eigenvalue weighted by molar-refractivity contribution is 6.32. The molecule has 0 saturated heterocycles. The van der Waals surface area contributed by atoms with Crippen LogP contribution in [0.1, 0.15) is 11.1 Å². The van der Waals surface area contributed by atoms with E-state index >= 15 is 0 Å². The molecule has 0 radical (unpaired) electrons. The van der Waals surface area contributed by atoms with Crippen molar-refractivity contribution in [3.05, 3.63) is 118 Å². The van der Waals surface area contributed by atoms with E-state index in [2.05, 4.69) is 48.5 Å². The first-order valence-electron chi connectivity index (χ1n) is 12.3. The molecule has 2 nitrogen and oxygen atoms in total. The molecule has 6 rings (SSSR count). The van der Waals surface area contributed by atoms with Gasteiger partial charge in [0.25, 0.3) is 0 Å². The summed E-state index contributed by atoms with van der Waals surface area (Å²) in [5.74, 6) is 0.178. The van der Waals surface area contributed by atoms with Gasteiger partial charge in [0, 0.05) is 31.9 Å². The average molecular weight is 535 g/mol. The SMILES string of the molecule is Cc1ccc(-c2cc(-c3cc(-c4ccc(C)cc4)c4cc(Cl)ccc4c3O)c(O)c3ccc(Cl)cc23)cc1. The van der Waals surface area contributed by atoms with Crippen molar-refractivity contribution < 1.29 is 10.2 Å². The zero-order valence-corrected chi connectivity index (χ0v) is 22.4. The molecule has 4 heteroatoms. The monoisotopic (exact) mass is 534 g/mol. The molecule has 0 aliphatic carbocycles. The Balaban J connectivity index is 1.71. The number of phenolic OH excluding ortho intramolecular Hbond substituents is 2.